The second-order valence-electron chi connectivity index (χ2n) is 4.09. The minimum absolute atomic E-state index is 0.619. The molecule has 1 heterocycles. The number of hydrogen-bond donors (Lipinski definition) is 1. The molecule has 2 aromatic rings. The second kappa shape index (κ2) is 3.82. The van der Waals surface area contributed by atoms with Crippen LogP contribution in [0.2, 0.25) is 0 Å². The first-order valence-corrected chi connectivity index (χ1v) is 5.16. The van der Waals surface area contributed by atoms with Gasteiger partial charge in [0.25, 0.3) is 0 Å². The first-order chi connectivity index (χ1) is 7.61. The maximum atomic E-state index is 9.06. The van der Waals surface area contributed by atoms with Crippen LogP contribution in [-0.4, -0.2) is 9.97 Å². The summed E-state index contributed by atoms with van der Waals surface area (Å²) in [6, 6.07) is 8.19. The van der Waals surface area contributed by atoms with Crippen molar-refractivity contribution >= 4 is 16.6 Å². The summed E-state index contributed by atoms with van der Waals surface area (Å²) in [5, 5.41) is 9.06. The van der Waals surface area contributed by atoms with Crippen molar-refractivity contribution in [2.75, 3.05) is 0 Å². The molecular formula is C13H13N3. The highest BCUT2D eigenvalue weighted by atomic mass is 14.9. The Hall–Kier alpha value is -2.08. The van der Waals surface area contributed by atoms with Gasteiger partial charge in [0.15, 0.2) is 0 Å². The van der Waals surface area contributed by atoms with E-state index < -0.39 is 0 Å². The van der Waals surface area contributed by atoms with Gasteiger partial charge in [-0.05, 0) is 38.5 Å². The van der Waals surface area contributed by atoms with Gasteiger partial charge in [-0.15, -0.1) is 0 Å². The molecule has 2 rings (SSSR count). The van der Waals surface area contributed by atoms with Gasteiger partial charge in [-0.2, -0.15) is 5.26 Å². The summed E-state index contributed by atoms with van der Waals surface area (Å²) in [7, 11) is 0. The molecule has 16 heavy (non-hydrogen) atoms. The highest BCUT2D eigenvalue weighted by Crippen LogP contribution is 2.19. The third-order valence-corrected chi connectivity index (χ3v) is 2.49. The van der Waals surface area contributed by atoms with E-state index in [1.807, 2.05) is 39.0 Å². The van der Waals surface area contributed by atoms with Gasteiger partial charge in [0.05, 0.1) is 16.6 Å². The molecule has 3 heteroatoms. The van der Waals surface area contributed by atoms with Crippen molar-refractivity contribution in [3.05, 3.63) is 35.2 Å². The zero-order valence-corrected chi connectivity index (χ0v) is 9.63. The van der Waals surface area contributed by atoms with Crippen LogP contribution in [0.4, 0.5) is 0 Å². The summed E-state index contributed by atoms with van der Waals surface area (Å²) < 4.78 is 0. The van der Waals surface area contributed by atoms with Crippen LogP contribution in [-0.2, 0) is 0 Å². The SMILES string of the molecule is CC(C)=C(C#N)c1nc2ccc(C)cc2[nH]1. The molecule has 0 fully saturated rings. The lowest BCUT2D eigenvalue weighted by Gasteiger charge is -1.94. The van der Waals surface area contributed by atoms with Crippen LogP contribution < -0.4 is 0 Å². The fourth-order valence-electron chi connectivity index (χ4n) is 1.64. The Morgan fingerprint density at radius 3 is 2.75 bits per heavy atom. The maximum Gasteiger partial charge on any atom is 0.149 e. The summed E-state index contributed by atoms with van der Waals surface area (Å²) in [5.41, 5.74) is 4.64. The minimum atomic E-state index is 0.619. The lowest BCUT2D eigenvalue weighted by atomic mass is 10.1. The van der Waals surface area contributed by atoms with Gasteiger partial charge in [0.2, 0.25) is 0 Å². The van der Waals surface area contributed by atoms with Crippen molar-refractivity contribution in [2.45, 2.75) is 20.8 Å². The molecule has 0 aliphatic rings. The summed E-state index contributed by atoms with van der Waals surface area (Å²) in [6.07, 6.45) is 0. The molecule has 0 amide bonds. The fourth-order valence-corrected chi connectivity index (χ4v) is 1.64. The Morgan fingerprint density at radius 2 is 2.12 bits per heavy atom. The van der Waals surface area contributed by atoms with E-state index >= 15 is 0 Å². The van der Waals surface area contributed by atoms with Crippen LogP contribution in [0, 0.1) is 18.3 Å². The van der Waals surface area contributed by atoms with Gasteiger partial charge >= 0.3 is 0 Å². The lowest BCUT2D eigenvalue weighted by molar-refractivity contribution is 1.24. The monoisotopic (exact) mass is 211 g/mol. The largest absolute Gasteiger partial charge is 0.337 e. The Labute approximate surface area is 94.4 Å². The van der Waals surface area contributed by atoms with Crippen molar-refractivity contribution in [2.24, 2.45) is 0 Å². The number of nitrogens with one attached hydrogen (secondary N) is 1. The smallest absolute Gasteiger partial charge is 0.149 e. The zero-order valence-electron chi connectivity index (χ0n) is 9.63. The standard InChI is InChI=1S/C13H13N3/c1-8(2)10(7-14)13-15-11-5-4-9(3)6-12(11)16-13/h4-6H,1-3H3,(H,15,16). The van der Waals surface area contributed by atoms with Crippen LogP contribution in [0.15, 0.2) is 23.8 Å². The number of hydrogen-bond acceptors (Lipinski definition) is 2. The van der Waals surface area contributed by atoms with Gasteiger partial charge in [0.1, 0.15) is 11.9 Å². The number of nitriles is 1. The lowest BCUT2D eigenvalue weighted by Crippen LogP contribution is -1.86. The van der Waals surface area contributed by atoms with E-state index in [4.69, 9.17) is 5.26 Å². The topological polar surface area (TPSA) is 52.5 Å². The van der Waals surface area contributed by atoms with Gasteiger partial charge in [0, 0.05) is 0 Å². The molecule has 0 saturated carbocycles. The molecule has 1 N–H and O–H groups in total. The molecular weight excluding hydrogens is 198 g/mol. The number of aromatic amines is 1. The molecule has 0 radical (unpaired) electrons. The van der Waals surface area contributed by atoms with Gasteiger partial charge in [-0.25, -0.2) is 4.98 Å². The van der Waals surface area contributed by atoms with E-state index in [1.54, 1.807) is 0 Å². The maximum absolute atomic E-state index is 9.06. The zero-order chi connectivity index (χ0) is 11.7. The molecule has 0 bridgehead atoms. The number of nitrogens with zero attached hydrogens (tertiary/aromatic N) is 2. The quantitative estimate of drug-likeness (QED) is 0.736. The van der Waals surface area contributed by atoms with E-state index in [-0.39, 0.29) is 0 Å². The summed E-state index contributed by atoms with van der Waals surface area (Å²) >= 11 is 0. The van der Waals surface area contributed by atoms with Crippen molar-refractivity contribution in [1.82, 2.24) is 9.97 Å². The van der Waals surface area contributed by atoms with E-state index in [0.29, 0.717) is 11.4 Å². The number of H-pyrrole nitrogens is 1. The molecule has 0 atom stereocenters. The third kappa shape index (κ3) is 1.70. The predicted octanol–water partition coefficient (Wildman–Crippen LogP) is 3.19. The average molecular weight is 211 g/mol. The highest BCUT2D eigenvalue weighted by molar-refractivity contribution is 5.83. The van der Waals surface area contributed by atoms with Gasteiger partial charge in [-0.1, -0.05) is 11.6 Å². The number of aromatic nitrogens is 2. The first kappa shape index (κ1) is 10.4. The Kier molecular flexibility index (Phi) is 2.49. The molecule has 0 aliphatic carbocycles. The van der Waals surface area contributed by atoms with Crippen LogP contribution >= 0.6 is 0 Å². The molecule has 1 aromatic heterocycles. The van der Waals surface area contributed by atoms with Gasteiger partial charge < -0.3 is 4.98 Å². The number of imidazole rings is 1. The van der Waals surface area contributed by atoms with E-state index in [0.717, 1.165) is 16.6 Å². The summed E-state index contributed by atoms with van der Waals surface area (Å²) in [6.45, 7) is 5.86. The van der Waals surface area contributed by atoms with E-state index in [2.05, 4.69) is 16.0 Å². The Bertz CT molecular complexity index is 608. The number of benzene rings is 1. The molecule has 0 spiro atoms. The Morgan fingerprint density at radius 1 is 1.38 bits per heavy atom. The molecule has 80 valence electrons. The van der Waals surface area contributed by atoms with E-state index in [9.17, 15) is 0 Å². The number of allylic oxidation sites excluding steroid dienone is 2. The number of rotatable bonds is 1. The average Bonchev–Trinajstić information content (AvgIpc) is 2.60. The number of fused-ring (bicyclic) bond motifs is 1. The molecule has 0 aliphatic heterocycles. The Balaban J connectivity index is 2.65. The van der Waals surface area contributed by atoms with E-state index in [1.165, 1.54) is 5.56 Å². The predicted molar refractivity (Wildman–Crippen MR) is 64.7 cm³/mol. The first-order valence-electron chi connectivity index (χ1n) is 5.16. The van der Waals surface area contributed by atoms with Crippen molar-refractivity contribution in [1.29, 1.82) is 5.26 Å². The van der Waals surface area contributed by atoms with Crippen LogP contribution in [0.1, 0.15) is 25.2 Å². The molecule has 3 nitrogen and oxygen atoms in total. The van der Waals surface area contributed by atoms with Crippen molar-refractivity contribution in [3.63, 3.8) is 0 Å². The molecule has 1 aromatic carbocycles. The molecule has 0 saturated heterocycles. The van der Waals surface area contributed by atoms with Gasteiger partial charge in [-0.3, -0.25) is 0 Å². The summed E-state index contributed by atoms with van der Waals surface area (Å²) in [4.78, 5) is 7.59. The summed E-state index contributed by atoms with van der Waals surface area (Å²) in [5.74, 6) is 0.656. The van der Waals surface area contributed by atoms with Crippen molar-refractivity contribution in [3.8, 4) is 6.07 Å². The highest BCUT2D eigenvalue weighted by Gasteiger charge is 2.08. The van der Waals surface area contributed by atoms with Crippen LogP contribution in [0.3, 0.4) is 0 Å². The third-order valence-electron chi connectivity index (χ3n) is 2.49. The molecule has 0 unspecified atom stereocenters. The normalized spacial score (nSPS) is 10.1. The fraction of sp³-hybridized carbons (Fsp3) is 0.231. The number of aryl methyl sites for hydroxylation is 1. The van der Waals surface area contributed by atoms with Crippen LogP contribution in [0.5, 0.6) is 0 Å². The van der Waals surface area contributed by atoms with Crippen LogP contribution in [0.25, 0.3) is 16.6 Å². The second-order valence-corrected chi connectivity index (χ2v) is 4.09. The minimum Gasteiger partial charge on any atom is -0.337 e. The van der Waals surface area contributed by atoms with Crippen molar-refractivity contribution < 1.29 is 0 Å².